The molecule has 0 aliphatic carbocycles. The molecule has 0 radical (unpaired) electrons. The van der Waals surface area contributed by atoms with Crippen LogP contribution in [0.3, 0.4) is 0 Å². The molecule has 3 heteroatoms. The highest BCUT2D eigenvalue weighted by atomic mass is 16.5. The van der Waals surface area contributed by atoms with Crippen molar-refractivity contribution in [1.29, 1.82) is 0 Å². The van der Waals surface area contributed by atoms with Gasteiger partial charge in [0.25, 0.3) is 0 Å². The first kappa shape index (κ1) is 14.6. The monoisotopic (exact) mass is 250 g/mol. The Balaban J connectivity index is 2.54. The topological polar surface area (TPSA) is 46.5 Å². The Bertz CT molecular complexity index is 385. The maximum atomic E-state index is 11.4. The summed E-state index contributed by atoms with van der Waals surface area (Å²) in [4.78, 5) is 11.4. The van der Waals surface area contributed by atoms with Crippen LogP contribution in [0, 0.1) is 0 Å². The Morgan fingerprint density at radius 1 is 1.22 bits per heavy atom. The molecular weight excluding hydrogens is 228 g/mol. The predicted octanol–water partition coefficient (Wildman–Crippen LogP) is 3.69. The molecule has 0 spiro atoms. The number of unbranched alkanes of at least 4 members (excludes halogenated alkanes) is 4. The number of carbonyl (C=O) groups excluding carboxylic acids is 1. The second-order valence-corrected chi connectivity index (χ2v) is 4.51. The summed E-state index contributed by atoms with van der Waals surface area (Å²) in [7, 11) is 1.32. The molecule has 0 saturated heterocycles. The molecule has 0 fully saturated rings. The lowest BCUT2D eigenvalue weighted by Gasteiger charge is -2.06. The minimum absolute atomic E-state index is 0.0171. The molecule has 0 saturated carbocycles. The highest BCUT2D eigenvalue weighted by Crippen LogP contribution is 2.20. The lowest BCUT2D eigenvalue weighted by atomic mass is 10.0. The minimum atomic E-state index is -0.486. The van der Waals surface area contributed by atoms with Crippen LogP contribution in [0.4, 0.5) is 0 Å². The average Bonchev–Trinajstić information content (AvgIpc) is 2.39. The second-order valence-electron chi connectivity index (χ2n) is 4.51. The number of aromatic hydroxyl groups is 1. The lowest BCUT2D eigenvalue weighted by Crippen LogP contribution is -2.02. The molecule has 0 heterocycles. The van der Waals surface area contributed by atoms with Crippen molar-refractivity contribution in [1.82, 2.24) is 0 Å². The Kier molecular flexibility index (Phi) is 6.26. The predicted molar refractivity (Wildman–Crippen MR) is 71.9 cm³/mol. The van der Waals surface area contributed by atoms with E-state index >= 15 is 0 Å². The van der Waals surface area contributed by atoms with Gasteiger partial charge < -0.3 is 9.84 Å². The van der Waals surface area contributed by atoms with E-state index in [0.29, 0.717) is 0 Å². The first-order valence-corrected chi connectivity index (χ1v) is 6.59. The molecule has 100 valence electrons. The smallest absolute Gasteiger partial charge is 0.341 e. The third-order valence-corrected chi connectivity index (χ3v) is 3.04. The molecule has 18 heavy (non-hydrogen) atoms. The van der Waals surface area contributed by atoms with Crippen molar-refractivity contribution < 1.29 is 14.6 Å². The number of phenols is 1. The molecule has 0 aliphatic rings. The highest BCUT2D eigenvalue weighted by Gasteiger charge is 2.11. The van der Waals surface area contributed by atoms with Gasteiger partial charge in [0, 0.05) is 0 Å². The molecule has 0 atom stereocenters. The van der Waals surface area contributed by atoms with Crippen LogP contribution in [0.15, 0.2) is 18.2 Å². The normalized spacial score (nSPS) is 10.3. The summed E-state index contributed by atoms with van der Waals surface area (Å²) in [6.45, 7) is 2.20. The SMILES string of the molecule is CCCCCCCc1ccc(O)c(C(=O)OC)c1. The third kappa shape index (κ3) is 4.40. The molecule has 0 unspecified atom stereocenters. The van der Waals surface area contributed by atoms with Gasteiger partial charge in [0.15, 0.2) is 0 Å². The molecule has 1 aromatic rings. The van der Waals surface area contributed by atoms with Crippen molar-refractivity contribution >= 4 is 5.97 Å². The summed E-state index contributed by atoms with van der Waals surface area (Å²) in [5.41, 5.74) is 1.33. The van der Waals surface area contributed by atoms with E-state index in [4.69, 9.17) is 0 Å². The molecular formula is C15H22O3. The fourth-order valence-electron chi connectivity index (χ4n) is 1.94. The summed E-state index contributed by atoms with van der Waals surface area (Å²) in [5, 5.41) is 9.58. The molecule has 1 rings (SSSR count). The Morgan fingerprint density at radius 3 is 2.61 bits per heavy atom. The van der Waals surface area contributed by atoms with E-state index < -0.39 is 5.97 Å². The van der Waals surface area contributed by atoms with Crippen LogP contribution in [0.5, 0.6) is 5.75 Å². The summed E-state index contributed by atoms with van der Waals surface area (Å²) in [6, 6.07) is 5.15. The molecule has 1 N–H and O–H groups in total. The molecule has 0 bridgehead atoms. The van der Waals surface area contributed by atoms with Gasteiger partial charge in [-0.3, -0.25) is 0 Å². The van der Waals surface area contributed by atoms with Gasteiger partial charge in [-0.2, -0.15) is 0 Å². The number of ether oxygens (including phenoxy) is 1. The standard InChI is InChI=1S/C15H22O3/c1-3-4-5-6-7-8-12-9-10-14(16)13(11-12)15(17)18-2/h9-11,16H,3-8H2,1-2H3. The van der Waals surface area contributed by atoms with E-state index in [-0.39, 0.29) is 11.3 Å². The Labute approximate surface area is 109 Å². The van der Waals surface area contributed by atoms with Crippen LogP contribution in [-0.2, 0) is 11.2 Å². The summed E-state index contributed by atoms with van der Waals surface area (Å²) in [5.74, 6) is -0.503. The fourth-order valence-corrected chi connectivity index (χ4v) is 1.94. The number of benzene rings is 1. The van der Waals surface area contributed by atoms with Crippen molar-refractivity contribution in [3.63, 3.8) is 0 Å². The first-order valence-electron chi connectivity index (χ1n) is 6.59. The van der Waals surface area contributed by atoms with Crippen molar-refractivity contribution in [2.75, 3.05) is 7.11 Å². The zero-order valence-corrected chi connectivity index (χ0v) is 11.2. The number of hydrogen-bond acceptors (Lipinski definition) is 3. The van der Waals surface area contributed by atoms with Crippen molar-refractivity contribution in [2.24, 2.45) is 0 Å². The quantitative estimate of drug-likeness (QED) is 0.593. The number of carbonyl (C=O) groups is 1. The summed E-state index contributed by atoms with van der Waals surface area (Å²) in [6.07, 6.45) is 7.05. The zero-order valence-electron chi connectivity index (χ0n) is 11.2. The van der Waals surface area contributed by atoms with Gasteiger partial charge in [0.1, 0.15) is 11.3 Å². The van der Waals surface area contributed by atoms with Gasteiger partial charge >= 0.3 is 5.97 Å². The van der Waals surface area contributed by atoms with Gasteiger partial charge in [-0.15, -0.1) is 0 Å². The van der Waals surface area contributed by atoms with Gasteiger partial charge in [0.05, 0.1) is 7.11 Å². The second kappa shape index (κ2) is 7.75. The maximum absolute atomic E-state index is 11.4. The number of phenolic OH excluding ortho intramolecular Hbond substituents is 1. The van der Waals surface area contributed by atoms with E-state index in [1.54, 1.807) is 12.1 Å². The third-order valence-electron chi connectivity index (χ3n) is 3.04. The van der Waals surface area contributed by atoms with Crippen molar-refractivity contribution in [2.45, 2.75) is 45.4 Å². The van der Waals surface area contributed by atoms with Crippen LogP contribution < -0.4 is 0 Å². The number of aryl methyl sites for hydroxylation is 1. The number of rotatable bonds is 7. The molecule has 1 aromatic carbocycles. The fraction of sp³-hybridized carbons (Fsp3) is 0.533. The molecule has 3 nitrogen and oxygen atoms in total. The van der Waals surface area contributed by atoms with Crippen LogP contribution >= 0.6 is 0 Å². The van der Waals surface area contributed by atoms with E-state index in [2.05, 4.69) is 11.7 Å². The minimum Gasteiger partial charge on any atom is -0.507 e. The Hall–Kier alpha value is -1.51. The molecule has 0 aromatic heterocycles. The van der Waals surface area contributed by atoms with Gasteiger partial charge in [-0.1, -0.05) is 38.7 Å². The average molecular weight is 250 g/mol. The van der Waals surface area contributed by atoms with Crippen LogP contribution in [0.25, 0.3) is 0 Å². The zero-order chi connectivity index (χ0) is 13.4. The molecule has 0 aliphatic heterocycles. The van der Waals surface area contributed by atoms with Crippen molar-refractivity contribution in [3.8, 4) is 5.75 Å². The summed E-state index contributed by atoms with van der Waals surface area (Å²) >= 11 is 0. The summed E-state index contributed by atoms with van der Waals surface area (Å²) < 4.78 is 4.63. The number of hydrogen-bond donors (Lipinski definition) is 1. The highest BCUT2D eigenvalue weighted by molar-refractivity contribution is 5.92. The van der Waals surface area contributed by atoms with E-state index in [0.717, 1.165) is 18.4 Å². The van der Waals surface area contributed by atoms with Crippen LogP contribution in [0.1, 0.15) is 54.9 Å². The van der Waals surface area contributed by atoms with Crippen LogP contribution in [-0.4, -0.2) is 18.2 Å². The number of esters is 1. The van der Waals surface area contributed by atoms with Gasteiger partial charge in [0.2, 0.25) is 0 Å². The molecule has 0 amide bonds. The lowest BCUT2D eigenvalue weighted by molar-refractivity contribution is 0.0597. The van der Waals surface area contributed by atoms with Crippen molar-refractivity contribution in [3.05, 3.63) is 29.3 Å². The Morgan fingerprint density at radius 2 is 1.94 bits per heavy atom. The largest absolute Gasteiger partial charge is 0.507 e. The number of methoxy groups -OCH3 is 1. The van der Waals surface area contributed by atoms with E-state index in [1.807, 2.05) is 6.07 Å². The van der Waals surface area contributed by atoms with Gasteiger partial charge in [-0.05, 0) is 30.5 Å². The van der Waals surface area contributed by atoms with Gasteiger partial charge in [-0.25, -0.2) is 4.79 Å². The first-order chi connectivity index (χ1) is 8.69. The van der Waals surface area contributed by atoms with E-state index in [9.17, 15) is 9.90 Å². The van der Waals surface area contributed by atoms with E-state index in [1.165, 1.54) is 32.8 Å². The van der Waals surface area contributed by atoms with Crippen LogP contribution in [0.2, 0.25) is 0 Å². The maximum Gasteiger partial charge on any atom is 0.341 e.